The summed E-state index contributed by atoms with van der Waals surface area (Å²) in [5, 5.41) is 11.9. The normalized spacial score (nSPS) is 11.0. The summed E-state index contributed by atoms with van der Waals surface area (Å²) in [6, 6.07) is 14.1. The number of aliphatic carboxylic acids is 1. The van der Waals surface area contributed by atoms with E-state index in [-0.39, 0.29) is 12.3 Å². The van der Waals surface area contributed by atoms with Gasteiger partial charge in [0.15, 0.2) is 0 Å². The molecule has 2 rings (SSSR count). The number of amides is 1. The molecule has 126 valence electrons. The van der Waals surface area contributed by atoms with E-state index in [0.29, 0.717) is 16.9 Å². The fourth-order valence-corrected chi connectivity index (χ4v) is 2.58. The van der Waals surface area contributed by atoms with Crippen molar-refractivity contribution in [2.75, 3.05) is 7.11 Å². The summed E-state index contributed by atoms with van der Waals surface area (Å²) in [5.41, 5.74) is 1.23. The van der Waals surface area contributed by atoms with Crippen LogP contribution in [-0.2, 0) is 16.8 Å². The molecule has 0 aromatic heterocycles. The van der Waals surface area contributed by atoms with E-state index in [2.05, 4.69) is 5.32 Å². The van der Waals surface area contributed by atoms with E-state index in [1.165, 1.54) is 0 Å². The lowest BCUT2D eigenvalue weighted by molar-refractivity contribution is -0.136. The molecular formula is C19H21NO4. The Hall–Kier alpha value is -2.82. The largest absolute Gasteiger partial charge is 0.496 e. The molecule has 0 atom stereocenters. The second-order valence-electron chi connectivity index (χ2n) is 6.05. The predicted octanol–water partition coefficient (Wildman–Crippen LogP) is 2.99. The second kappa shape index (κ2) is 7.17. The Kier molecular flexibility index (Phi) is 5.24. The van der Waals surface area contributed by atoms with Crippen LogP contribution in [0.15, 0.2) is 48.5 Å². The zero-order valence-electron chi connectivity index (χ0n) is 14.0. The fraction of sp³-hybridized carbons (Fsp3) is 0.263. The topological polar surface area (TPSA) is 75.6 Å². The van der Waals surface area contributed by atoms with E-state index in [4.69, 9.17) is 9.84 Å². The molecule has 0 bridgehead atoms. The number of benzene rings is 2. The highest BCUT2D eigenvalue weighted by Gasteiger charge is 2.26. The number of carboxylic acid groups (broad SMARTS) is 1. The van der Waals surface area contributed by atoms with Crippen LogP contribution >= 0.6 is 0 Å². The van der Waals surface area contributed by atoms with Crippen LogP contribution in [0, 0.1) is 0 Å². The van der Waals surface area contributed by atoms with Crippen LogP contribution in [0.3, 0.4) is 0 Å². The zero-order chi connectivity index (χ0) is 17.7. The summed E-state index contributed by atoms with van der Waals surface area (Å²) in [6.07, 6.45) is -0.114. The minimum atomic E-state index is -0.929. The van der Waals surface area contributed by atoms with Crippen molar-refractivity contribution in [3.8, 4) is 5.75 Å². The molecule has 0 heterocycles. The van der Waals surface area contributed by atoms with Gasteiger partial charge >= 0.3 is 5.97 Å². The number of carboxylic acids is 1. The molecule has 1 amide bonds. The molecule has 2 N–H and O–H groups in total. The third-order valence-corrected chi connectivity index (χ3v) is 3.75. The molecule has 24 heavy (non-hydrogen) atoms. The van der Waals surface area contributed by atoms with Gasteiger partial charge in [0.2, 0.25) is 0 Å². The van der Waals surface area contributed by atoms with Crippen molar-refractivity contribution < 1.29 is 19.4 Å². The Morgan fingerprint density at radius 1 is 1.12 bits per heavy atom. The number of rotatable bonds is 6. The van der Waals surface area contributed by atoms with Crippen LogP contribution in [0.2, 0.25) is 0 Å². The summed E-state index contributed by atoms with van der Waals surface area (Å²) >= 11 is 0. The molecule has 0 aliphatic rings. The van der Waals surface area contributed by atoms with Gasteiger partial charge in [-0.25, -0.2) is 0 Å². The van der Waals surface area contributed by atoms with Gasteiger partial charge in [0, 0.05) is 11.1 Å². The zero-order valence-corrected chi connectivity index (χ0v) is 14.0. The number of hydrogen-bond acceptors (Lipinski definition) is 3. The number of carbonyl (C=O) groups is 2. The average molecular weight is 327 g/mol. The Morgan fingerprint density at radius 3 is 2.50 bits per heavy atom. The highest BCUT2D eigenvalue weighted by atomic mass is 16.5. The van der Waals surface area contributed by atoms with Gasteiger partial charge in [0.05, 0.1) is 19.1 Å². The van der Waals surface area contributed by atoms with Crippen LogP contribution in [0.5, 0.6) is 5.75 Å². The van der Waals surface area contributed by atoms with Gasteiger partial charge in [-0.1, -0.05) is 30.3 Å². The maximum absolute atomic E-state index is 12.6. The number of hydrogen-bond donors (Lipinski definition) is 2. The van der Waals surface area contributed by atoms with Crippen LogP contribution in [0.4, 0.5) is 0 Å². The summed E-state index contributed by atoms with van der Waals surface area (Å²) < 4.78 is 5.37. The number of para-hydroxylation sites is 1. The molecule has 0 unspecified atom stereocenters. The Morgan fingerprint density at radius 2 is 1.83 bits per heavy atom. The predicted molar refractivity (Wildman–Crippen MR) is 91.3 cm³/mol. The van der Waals surface area contributed by atoms with Crippen molar-refractivity contribution in [3.05, 3.63) is 65.2 Å². The molecule has 0 saturated carbocycles. The molecule has 5 heteroatoms. The summed E-state index contributed by atoms with van der Waals surface area (Å²) in [5.74, 6) is -0.498. The molecule has 2 aromatic carbocycles. The van der Waals surface area contributed by atoms with E-state index in [9.17, 15) is 9.59 Å². The van der Waals surface area contributed by atoms with Gasteiger partial charge in [0.25, 0.3) is 5.91 Å². The highest BCUT2D eigenvalue weighted by molar-refractivity contribution is 5.95. The number of ether oxygens (including phenoxy) is 1. The first-order valence-corrected chi connectivity index (χ1v) is 7.60. The first-order chi connectivity index (χ1) is 11.3. The molecule has 0 saturated heterocycles. The third-order valence-electron chi connectivity index (χ3n) is 3.75. The van der Waals surface area contributed by atoms with Gasteiger partial charge in [-0.05, 0) is 37.6 Å². The number of methoxy groups -OCH3 is 1. The summed E-state index contributed by atoms with van der Waals surface area (Å²) in [7, 11) is 1.59. The van der Waals surface area contributed by atoms with Gasteiger partial charge in [-0.3, -0.25) is 9.59 Å². The molecular weight excluding hydrogens is 306 g/mol. The van der Waals surface area contributed by atoms with Crippen LogP contribution in [-0.4, -0.2) is 24.1 Å². The van der Waals surface area contributed by atoms with Gasteiger partial charge in [-0.2, -0.15) is 0 Å². The van der Waals surface area contributed by atoms with E-state index in [0.717, 1.165) is 5.56 Å². The lowest BCUT2D eigenvalue weighted by Gasteiger charge is -2.28. The van der Waals surface area contributed by atoms with Crippen molar-refractivity contribution in [3.63, 3.8) is 0 Å². The van der Waals surface area contributed by atoms with Crippen LogP contribution in [0.1, 0.15) is 35.3 Å². The quantitative estimate of drug-likeness (QED) is 0.855. The van der Waals surface area contributed by atoms with Crippen molar-refractivity contribution in [2.24, 2.45) is 0 Å². The number of nitrogens with one attached hydrogen (secondary N) is 1. The minimum absolute atomic E-state index is 0.114. The number of carbonyl (C=O) groups excluding carboxylic acids is 1. The maximum atomic E-state index is 12.6. The molecule has 5 nitrogen and oxygen atoms in total. The van der Waals surface area contributed by atoms with Crippen molar-refractivity contribution >= 4 is 11.9 Å². The molecule has 0 aliphatic heterocycles. The Bertz CT molecular complexity index is 753. The van der Waals surface area contributed by atoms with Crippen LogP contribution in [0.25, 0.3) is 0 Å². The second-order valence-corrected chi connectivity index (χ2v) is 6.05. The van der Waals surface area contributed by atoms with E-state index in [1.54, 1.807) is 31.4 Å². The minimum Gasteiger partial charge on any atom is -0.496 e. The van der Waals surface area contributed by atoms with Crippen molar-refractivity contribution in [2.45, 2.75) is 25.8 Å². The van der Waals surface area contributed by atoms with E-state index in [1.807, 2.05) is 38.1 Å². The van der Waals surface area contributed by atoms with E-state index < -0.39 is 11.5 Å². The molecule has 0 fully saturated rings. The van der Waals surface area contributed by atoms with Crippen molar-refractivity contribution in [1.29, 1.82) is 0 Å². The Labute approximate surface area is 141 Å². The highest BCUT2D eigenvalue weighted by Crippen LogP contribution is 2.29. The van der Waals surface area contributed by atoms with Crippen LogP contribution < -0.4 is 10.1 Å². The molecule has 2 aromatic rings. The maximum Gasteiger partial charge on any atom is 0.307 e. The summed E-state index contributed by atoms with van der Waals surface area (Å²) in [6.45, 7) is 3.79. The fourth-order valence-electron chi connectivity index (χ4n) is 2.58. The summed E-state index contributed by atoms with van der Waals surface area (Å²) in [4.78, 5) is 23.4. The lowest BCUT2D eigenvalue weighted by Crippen LogP contribution is -2.41. The van der Waals surface area contributed by atoms with Gasteiger partial charge < -0.3 is 15.2 Å². The smallest absolute Gasteiger partial charge is 0.307 e. The molecule has 0 radical (unpaired) electrons. The van der Waals surface area contributed by atoms with E-state index >= 15 is 0 Å². The SMILES string of the molecule is COc1ccccc1C(C)(C)NC(=O)c1cccc(CC(=O)O)c1. The Balaban J connectivity index is 2.23. The molecule has 0 aliphatic carbocycles. The standard InChI is InChI=1S/C19H21NO4/c1-19(2,15-9-4-5-10-16(15)24-3)20-18(23)14-8-6-7-13(11-14)12-17(21)22/h4-11H,12H2,1-3H3,(H,20,23)(H,21,22). The average Bonchev–Trinajstić information content (AvgIpc) is 2.54. The monoisotopic (exact) mass is 327 g/mol. The van der Waals surface area contributed by atoms with Gasteiger partial charge in [-0.15, -0.1) is 0 Å². The first kappa shape index (κ1) is 17.5. The first-order valence-electron chi connectivity index (χ1n) is 7.60. The van der Waals surface area contributed by atoms with Gasteiger partial charge in [0.1, 0.15) is 5.75 Å². The van der Waals surface area contributed by atoms with Crippen molar-refractivity contribution in [1.82, 2.24) is 5.32 Å². The molecule has 0 spiro atoms. The third kappa shape index (κ3) is 4.13. The lowest BCUT2D eigenvalue weighted by atomic mass is 9.92.